The Labute approximate surface area is 108 Å². The Morgan fingerprint density at radius 3 is 2.78 bits per heavy atom. The summed E-state index contributed by atoms with van der Waals surface area (Å²) in [5.74, 6) is 0.0654. The minimum absolute atomic E-state index is 0.0310. The zero-order chi connectivity index (χ0) is 13.3. The van der Waals surface area contributed by atoms with E-state index in [1.54, 1.807) is 0 Å². The number of rotatable bonds is 3. The molecule has 1 aliphatic rings. The molecule has 1 aromatic heterocycles. The lowest BCUT2D eigenvalue weighted by atomic mass is 10.3. The van der Waals surface area contributed by atoms with E-state index in [9.17, 15) is 18.5 Å². The van der Waals surface area contributed by atoms with E-state index < -0.39 is 20.8 Å². The van der Waals surface area contributed by atoms with Crippen molar-refractivity contribution >= 4 is 32.9 Å². The van der Waals surface area contributed by atoms with Gasteiger partial charge in [-0.15, -0.1) is 0 Å². The normalized spacial score (nSPS) is 20.8. The van der Waals surface area contributed by atoms with Gasteiger partial charge < -0.3 is 5.32 Å². The Kier molecular flexibility index (Phi) is 3.22. The Balaban J connectivity index is 2.20. The van der Waals surface area contributed by atoms with Gasteiger partial charge in [0.1, 0.15) is 11.0 Å². The molecule has 9 heteroatoms. The molecule has 0 saturated carbocycles. The lowest BCUT2D eigenvalue weighted by molar-refractivity contribution is -0.384. The Morgan fingerprint density at radius 2 is 2.22 bits per heavy atom. The summed E-state index contributed by atoms with van der Waals surface area (Å²) in [6.07, 6.45) is 1.46. The van der Waals surface area contributed by atoms with Crippen LogP contribution in [-0.2, 0) is 9.84 Å². The van der Waals surface area contributed by atoms with Crippen molar-refractivity contribution in [3.05, 3.63) is 38.9 Å². The lowest BCUT2D eigenvalue weighted by Crippen LogP contribution is -2.21. The molecule has 1 atom stereocenters. The molecule has 0 aliphatic carbocycles. The number of hydrogen-bond donors (Lipinski definition) is 1. The zero-order valence-electron chi connectivity index (χ0n) is 8.91. The topological polar surface area (TPSA) is 102 Å². The fraction of sp³-hybridized carbons (Fsp3) is 0.222. The second kappa shape index (κ2) is 4.54. The van der Waals surface area contributed by atoms with Crippen molar-refractivity contribution in [1.29, 1.82) is 0 Å². The largest absolute Gasteiger partial charge is 0.363 e. The van der Waals surface area contributed by atoms with Crippen LogP contribution in [0.2, 0.25) is 5.15 Å². The third kappa shape index (κ3) is 2.96. The number of hydrogen-bond acceptors (Lipinski definition) is 6. The van der Waals surface area contributed by atoms with E-state index >= 15 is 0 Å². The van der Waals surface area contributed by atoms with Gasteiger partial charge in [0, 0.05) is 5.41 Å². The molecule has 0 amide bonds. The van der Waals surface area contributed by atoms with Gasteiger partial charge in [-0.3, -0.25) is 10.1 Å². The first-order valence-corrected chi connectivity index (χ1v) is 6.94. The minimum Gasteiger partial charge on any atom is -0.363 e. The van der Waals surface area contributed by atoms with Gasteiger partial charge in [-0.25, -0.2) is 13.4 Å². The molecule has 0 aromatic carbocycles. The van der Waals surface area contributed by atoms with Gasteiger partial charge >= 0.3 is 0 Å². The average Bonchev–Trinajstić information content (AvgIpc) is 2.57. The smallest absolute Gasteiger partial charge is 0.276 e. The molecule has 1 unspecified atom stereocenters. The SMILES string of the molecule is O=[N+]([O-])c1cc(Cl)nc(NC2C=CS(=O)(=O)C2)c1. The van der Waals surface area contributed by atoms with Gasteiger partial charge in [0.15, 0.2) is 9.84 Å². The summed E-state index contributed by atoms with van der Waals surface area (Å²) in [4.78, 5) is 13.9. The zero-order valence-corrected chi connectivity index (χ0v) is 10.5. The molecule has 1 aliphatic heterocycles. The highest BCUT2D eigenvalue weighted by atomic mass is 35.5. The Hall–Kier alpha value is -1.67. The van der Waals surface area contributed by atoms with Gasteiger partial charge in [0.25, 0.3) is 5.69 Å². The van der Waals surface area contributed by atoms with Gasteiger partial charge in [-0.1, -0.05) is 11.6 Å². The number of nitrogens with one attached hydrogen (secondary N) is 1. The lowest BCUT2D eigenvalue weighted by Gasteiger charge is -2.10. The number of anilines is 1. The first-order chi connectivity index (χ1) is 8.35. The van der Waals surface area contributed by atoms with Crippen LogP contribution in [0.3, 0.4) is 0 Å². The molecule has 7 nitrogen and oxygen atoms in total. The molecule has 18 heavy (non-hydrogen) atoms. The van der Waals surface area contributed by atoms with Crippen molar-refractivity contribution in [2.24, 2.45) is 0 Å². The Morgan fingerprint density at radius 1 is 1.50 bits per heavy atom. The molecule has 0 fully saturated rings. The highest BCUT2D eigenvalue weighted by Gasteiger charge is 2.22. The summed E-state index contributed by atoms with van der Waals surface area (Å²) >= 11 is 5.64. The molecule has 1 N–H and O–H groups in total. The van der Waals surface area contributed by atoms with Crippen LogP contribution < -0.4 is 5.32 Å². The number of sulfone groups is 1. The summed E-state index contributed by atoms with van der Waals surface area (Å²) in [6.45, 7) is 0. The highest BCUT2D eigenvalue weighted by Crippen LogP contribution is 2.22. The van der Waals surface area contributed by atoms with Crippen molar-refractivity contribution in [3.8, 4) is 0 Å². The predicted octanol–water partition coefficient (Wildman–Crippen LogP) is 1.37. The second-order valence-electron chi connectivity index (χ2n) is 3.70. The van der Waals surface area contributed by atoms with Gasteiger partial charge in [0.2, 0.25) is 0 Å². The molecule has 0 bridgehead atoms. The molecular formula is C9H8ClN3O4S. The first-order valence-electron chi connectivity index (χ1n) is 4.85. The number of nitrogens with zero attached hydrogens (tertiary/aromatic N) is 2. The number of pyridine rings is 1. The van der Waals surface area contributed by atoms with Gasteiger partial charge in [0.05, 0.1) is 28.9 Å². The van der Waals surface area contributed by atoms with Crippen molar-refractivity contribution in [2.75, 3.05) is 11.1 Å². The number of nitro groups is 1. The highest BCUT2D eigenvalue weighted by molar-refractivity contribution is 7.94. The van der Waals surface area contributed by atoms with Crippen LogP contribution in [0.15, 0.2) is 23.6 Å². The standard InChI is InChI=1S/C9H8ClN3O4S/c10-8-3-7(13(14)15)4-9(12-8)11-6-1-2-18(16,17)5-6/h1-4,6H,5H2,(H,11,12). The molecule has 0 saturated heterocycles. The summed E-state index contributed by atoms with van der Waals surface area (Å²) in [6, 6.07) is 1.86. The number of halogens is 1. The monoisotopic (exact) mass is 289 g/mol. The third-order valence-electron chi connectivity index (χ3n) is 2.25. The molecular weight excluding hydrogens is 282 g/mol. The summed E-state index contributed by atoms with van der Waals surface area (Å²) < 4.78 is 22.4. The maximum Gasteiger partial charge on any atom is 0.276 e. The second-order valence-corrected chi connectivity index (χ2v) is 6.02. The van der Waals surface area contributed by atoms with Crippen LogP contribution in [0.4, 0.5) is 11.5 Å². The minimum atomic E-state index is -3.19. The molecule has 0 spiro atoms. The molecule has 96 valence electrons. The third-order valence-corrected chi connectivity index (χ3v) is 3.84. The van der Waals surface area contributed by atoms with E-state index in [1.165, 1.54) is 12.1 Å². The van der Waals surface area contributed by atoms with E-state index in [1.807, 2.05) is 0 Å². The van der Waals surface area contributed by atoms with Crippen LogP contribution in [0, 0.1) is 10.1 Å². The van der Waals surface area contributed by atoms with Gasteiger partial charge in [-0.05, 0) is 6.08 Å². The van der Waals surface area contributed by atoms with Crippen LogP contribution in [-0.4, -0.2) is 30.1 Å². The first kappa shape index (κ1) is 12.8. The van der Waals surface area contributed by atoms with E-state index in [0.717, 1.165) is 11.5 Å². The van der Waals surface area contributed by atoms with Crippen LogP contribution in [0.25, 0.3) is 0 Å². The quantitative estimate of drug-likeness (QED) is 0.512. The molecule has 2 rings (SSSR count). The summed E-state index contributed by atoms with van der Waals surface area (Å²) in [5.41, 5.74) is -0.206. The predicted molar refractivity (Wildman–Crippen MR) is 66.2 cm³/mol. The van der Waals surface area contributed by atoms with Crippen LogP contribution >= 0.6 is 11.6 Å². The van der Waals surface area contributed by atoms with Crippen molar-refractivity contribution in [3.63, 3.8) is 0 Å². The van der Waals surface area contributed by atoms with Gasteiger partial charge in [-0.2, -0.15) is 0 Å². The van der Waals surface area contributed by atoms with E-state index in [4.69, 9.17) is 11.6 Å². The van der Waals surface area contributed by atoms with E-state index in [-0.39, 0.29) is 22.4 Å². The molecule has 2 heterocycles. The molecule has 0 radical (unpaired) electrons. The summed E-state index contributed by atoms with van der Waals surface area (Å²) in [5, 5.41) is 14.5. The van der Waals surface area contributed by atoms with Crippen molar-refractivity contribution < 1.29 is 13.3 Å². The summed E-state index contributed by atoms with van der Waals surface area (Å²) in [7, 11) is -3.19. The van der Waals surface area contributed by atoms with Crippen molar-refractivity contribution in [1.82, 2.24) is 4.98 Å². The van der Waals surface area contributed by atoms with E-state index in [2.05, 4.69) is 10.3 Å². The number of aromatic nitrogens is 1. The maximum absolute atomic E-state index is 11.2. The maximum atomic E-state index is 11.2. The fourth-order valence-corrected chi connectivity index (χ4v) is 2.96. The van der Waals surface area contributed by atoms with Crippen molar-refractivity contribution in [2.45, 2.75) is 6.04 Å². The molecule has 1 aromatic rings. The van der Waals surface area contributed by atoms with Crippen LogP contribution in [0.5, 0.6) is 0 Å². The average molecular weight is 290 g/mol. The Bertz CT molecular complexity index is 629. The van der Waals surface area contributed by atoms with E-state index in [0.29, 0.717) is 0 Å². The van der Waals surface area contributed by atoms with Crippen LogP contribution in [0.1, 0.15) is 0 Å². The fourth-order valence-electron chi connectivity index (χ4n) is 1.52.